The molecular weight excluding hydrogens is 336 g/mol. The molecule has 0 aliphatic carbocycles. The number of para-hydroxylation sites is 2. The van der Waals surface area contributed by atoms with Crippen molar-refractivity contribution >= 4 is 23.1 Å². The molecule has 0 radical (unpaired) electrons. The predicted molar refractivity (Wildman–Crippen MR) is 111 cm³/mol. The van der Waals surface area contributed by atoms with Crippen LogP contribution in [0.1, 0.15) is 30.7 Å². The molecule has 0 spiro atoms. The van der Waals surface area contributed by atoms with Crippen LogP contribution < -0.4 is 15.4 Å². The Labute approximate surface area is 160 Å². The number of anilines is 4. The molecule has 1 heterocycles. The molecule has 5 heteroatoms. The summed E-state index contributed by atoms with van der Waals surface area (Å²) in [5.41, 5.74) is 5.18. The molecule has 3 aromatic rings. The molecule has 0 atom stereocenters. The summed E-state index contributed by atoms with van der Waals surface area (Å²) in [4.78, 5) is 9.15. The van der Waals surface area contributed by atoms with Crippen LogP contribution >= 0.6 is 0 Å². The zero-order valence-electron chi connectivity index (χ0n) is 16.5. The molecule has 0 fully saturated rings. The van der Waals surface area contributed by atoms with Crippen LogP contribution in [0.3, 0.4) is 0 Å². The summed E-state index contributed by atoms with van der Waals surface area (Å²) in [5.74, 6) is 2.08. The number of rotatable bonds is 6. The van der Waals surface area contributed by atoms with Gasteiger partial charge in [0.05, 0.1) is 11.8 Å². The lowest BCUT2D eigenvalue weighted by atomic mass is 10.1. The molecular formula is C22H26N4O. The first-order valence-electron chi connectivity index (χ1n) is 9.14. The Morgan fingerprint density at radius 1 is 0.852 bits per heavy atom. The van der Waals surface area contributed by atoms with Crippen molar-refractivity contribution in [2.75, 3.05) is 10.6 Å². The number of ether oxygens (including phenoxy) is 1. The topological polar surface area (TPSA) is 59.1 Å². The Kier molecular flexibility index (Phi) is 5.60. The zero-order chi connectivity index (χ0) is 19.4. The Bertz CT molecular complexity index is 937. The average molecular weight is 362 g/mol. The molecule has 0 amide bonds. The van der Waals surface area contributed by atoms with Gasteiger partial charge in [0.2, 0.25) is 5.95 Å². The Morgan fingerprint density at radius 3 is 2.37 bits per heavy atom. The summed E-state index contributed by atoms with van der Waals surface area (Å²) in [5, 5.41) is 6.69. The fourth-order valence-corrected chi connectivity index (χ4v) is 2.76. The van der Waals surface area contributed by atoms with Crippen LogP contribution in [0.2, 0.25) is 0 Å². The number of benzene rings is 2. The predicted octanol–water partition coefficient (Wildman–Crippen LogP) is 5.68. The van der Waals surface area contributed by atoms with E-state index in [-0.39, 0.29) is 6.10 Å². The van der Waals surface area contributed by atoms with E-state index >= 15 is 0 Å². The fourth-order valence-electron chi connectivity index (χ4n) is 2.76. The van der Waals surface area contributed by atoms with Crippen LogP contribution in [-0.4, -0.2) is 16.1 Å². The van der Waals surface area contributed by atoms with Gasteiger partial charge in [0.25, 0.3) is 0 Å². The molecule has 27 heavy (non-hydrogen) atoms. The van der Waals surface area contributed by atoms with Crippen molar-refractivity contribution in [3.63, 3.8) is 0 Å². The SMILES string of the molecule is Cc1cc(Nc2ccccc2OC(C)C)nc(Nc2cccc(C)c2C)n1. The van der Waals surface area contributed by atoms with E-state index in [9.17, 15) is 0 Å². The maximum atomic E-state index is 5.88. The van der Waals surface area contributed by atoms with Crippen molar-refractivity contribution in [3.8, 4) is 5.75 Å². The molecule has 0 bridgehead atoms. The van der Waals surface area contributed by atoms with E-state index in [1.807, 2.05) is 63.2 Å². The Balaban J connectivity index is 1.87. The highest BCUT2D eigenvalue weighted by molar-refractivity contribution is 5.66. The van der Waals surface area contributed by atoms with Gasteiger partial charge in [-0.15, -0.1) is 0 Å². The van der Waals surface area contributed by atoms with Gasteiger partial charge in [0.15, 0.2) is 0 Å². The normalized spacial score (nSPS) is 10.7. The summed E-state index contributed by atoms with van der Waals surface area (Å²) in [7, 11) is 0. The van der Waals surface area contributed by atoms with E-state index in [1.54, 1.807) is 0 Å². The molecule has 2 N–H and O–H groups in total. The maximum Gasteiger partial charge on any atom is 0.229 e. The first-order chi connectivity index (χ1) is 12.9. The van der Waals surface area contributed by atoms with Crippen LogP contribution in [-0.2, 0) is 0 Å². The minimum atomic E-state index is 0.0987. The lowest BCUT2D eigenvalue weighted by Gasteiger charge is -2.16. The first-order valence-corrected chi connectivity index (χ1v) is 9.14. The van der Waals surface area contributed by atoms with E-state index in [0.717, 1.165) is 28.6 Å². The molecule has 2 aromatic carbocycles. The average Bonchev–Trinajstić information content (AvgIpc) is 2.60. The van der Waals surface area contributed by atoms with Gasteiger partial charge in [-0.2, -0.15) is 4.98 Å². The third-order valence-electron chi connectivity index (χ3n) is 4.22. The summed E-state index contributed by atoms with van der Waals surface area (Å²) in [6, 6.07) is 15.9. The van der Waals surface area contributed by atoms with Crippen LogP contribution in [0.4, 0.5) is 23.1 Å². The minimum absolute atomic E-state index is 0.0987. The molecule has 0 aliphatic heterocycles. The molecule has 0 saturated carbocycles. The van der Waals surface area contributed by atoms with Gasteiger partial charge in [-0.3, -0.25) is 0 Å². The first kappa shape index (κ1) is 18.7. The van der Waals surface area contributed by atoms with E-state index in [1.165, 1.54) is 11.1 Å². The monoisotopic (exact) mass is 362 g/mol. The standard InChI is InChI=1S/C22H26N4O/c1-14(2)27-20-12-7-6-10-19(20)24-21-13-16(4)23-22(26-21)25-18-11-8-9-15(3)17(18)5/h6-14H,1-5H3,(H2,23,24,25,26). The van der Waals surface area contributed by atoms with Gasteiger partial charge in [-0.05, 0) is 63.9 Å². The van der Waals surface area contributed by atoms with Gasteiger partial charge in [0, 0.05) is 17.4 Å². The van der Waals surface area contributed by atoms with Gasteiger partial charge >= 0.3 is 0 Å². The van der Waals surface area contributed by atoms with E-state index in [2.05, 4.69) is 40.5 Å². The van der Waals surface area contributed by atoms with Crippen LogP contribution in [0.5, 0.6) is 5.75 Å². The fraction of sp³-hybridized carbons (Fsp3) is 0.273. The largest absolute Gasteiger partial charge is 0.489 e. The van der Waals surface area contributed by atoms with Crippen molar-refractivity contribution in [2.45, 2.75) is 40.7 Å². The highest BCUT2D eigenvalue weighted by Gasteiger charge is 2.09. The van der Waals surface area contributed by atoms with Gasteiger partial charge in [-0.1, -0.05) is 24.3 Å². The Hall–Kier alpha value is -3.08. The van der Waals surface area contributed by atoms with Crippen molar-refractivity contribution in [1.82, 2.24) is 9.97 Å². The molecule has 3 rings (SSSR count). The quantitative estimate of drug-likeness (QED) is 0.591. The Morgan fingerprint density at radius 2 is 1.59 bits per heavy atom. The van der Waals surface area contributed by atoms with Crippen molar-refractivity contribution < 1.29 is 4.74 Å². The third kappa shape index (κ3) is 4.76. The minimum Gasteiger partial charge on any atom is -0.489 e. The van der Waals surface area contributed by atoms with Crippen molar-refractivity contribution in [1.29, 1.82) is 0 Å². The van der Waals surface area contributed by atoms with E-state index in [4.69, 9.17) is 4.74 Å². The van der Waals surface area contributed by atoms with E-state index < -0.39 is 0 Å². The summed E-state index contributed by atoms with van der Waals surface area (Å²) < 4.78 is 5.88. The molecule has 0 unspecified atom stereocenters. The lowest BCUT2D eigenvalue weighted by Crippen LogP contribution is -2.08. The lowest BCUT2D eigenvalue weighted by molar-refractivity contribution is 0.244. The molecule has 0 saturated heterocycles. The van der Waals surface area contributed by atoms with Gasteiger partial charge in [-0.25, -0.2) is 4.98 Å². The number of hydrogen-bond donors (Lipinski definition) is 2. The zero-order valence-corrected chi connectivity index (χ0v) is 16.5. The third-order valence-corrected chi connectivity index (χ3v) is 4.22. The summed E-state index contributed by atoms with van der Waals surface area (Å²) in [6.07, 6.45) is 0.0987. The second kappa shape index (κ2) is 8.08. The number of nitrogens with zero attached hydrogens (tertiary/aromatic N) is 2. The second-order valence-electron chi connectivity index (χ2n) is 6.88. The van der Waals surface area contributed by atoms with Crippen LogP contribution in [0.15, 0.2) is 48.5 Å². The highest BCUT2D eigenvalue weighted by Crippen LogP contribution is 2.28. The van der Waals surface area contributed by atoms with Gasteiger partial charge < -0.3 is 15.4 Å². The van der Waals surface area contributed by atoms with E-state index in [0.29, 0.717) is 5.95 Å². The number of aryl methyl sites for hydroxylation is 2. The van der Waals surface area contributed by atoms with Crippen molar-refractivity contribution in [2.24, 2.45) is 0 Å². The molecule has 1 aromatic heterocycles. The van der Waals surface area contributed by atoms with Crippen LogP contribution in [0.25, 0.3) is 0 Å². The summed E-state index contributed by atoms with van der Waals surface area (Å²) in [6.45, 7) is 10.2. The highest BCUT2D eigenvalue weighted by atomic mass is 16.5. The summed E-state index contributed by atoms with van der Waals surface area (Å²) >= 11 is 0. The van der Waals surface area contributed by atoms with Crippen molar-refractivity contribution in [3.05, 3.63) is 65.4 Å². The maximum absolute atomic E-state index is 5.88. The smallest absolute Gasteiger partial charge is 0.229 e. The van der Waals surface area contributed by atoms with Gasteiger partial charge in [0.1, 0.15) is 11.6 Å². The molecule has 5 nitrogen and oxygen atoms in total. The number of aromatic nitrogens is 2. The number of nitrogens with one attached hydrogen (secondary N) is 2. The van der Waals surface area contributed by atoms with Crippen LogP contribution in [0, 0.1) is 20.8 Å². The second-order valence-corrected chi connectivity index (χ2v) is 6.88. The molecule has 0 aliphatic rings. The molecule has 140 valence electrons. The number of hydrogen-bond acceptors (Lipinski definition) is 5.